The van der Waals surface area contributed by atoms with Gasteiger partial charge in [0, 0.05) is 17.1 Å². The van der Waals surface area contributed by atoms with Crippen LogP contribution in [0.5, 0.6) is 0 Å². The molecule has 0 bridgehead atoms. The minimum absolute atomic E-state index is 0.0893. The van der Waals surface area contributed by atoms with E-state index < -0.39 is 15.8 Å². The molecule has 20 heavy (non-hydrogen) atoms. The minimum Gasteiger partial charge on any atom is -0.375 e. The Kier molecular flexibility index (Phi) is 4.84. The molecule has 1 fully saturated rings. The summed E-state index contributed by atoms with van der Waals surface area (Å²) in [5, 5.41) is 0. The molecule has 0 aliphatic carbocycles. The molecule has 0 radical (unpaired) electrons. The van der Waals surface area contributed by atoms with Crippen LogP contribution in [-0.2, 0) is 14.8 Å². The van der Waals surface area contributed by atoms with Gasteiger partial charge in [0.2, 0.25) is 10.0 Å². The molecule has 0 saturated carbocycles. The molecule has 4 nitrogen and oxygen atoms in total. The summed E-state index contributed by atoms with van der Waals surface area (Å²) in [4.78, 5) is 0.0893. The summed E-state index contributed by atoms with van der Waals surface area (Å²) >= 11 is 3.13. The van der Waals surface area contributed by atoms with Gasteiger partial charge in [-0.05, 0) is 47.5 Å². The van der Waals surface area contributed by atoms with Gasteiger partial charge in [0.25, 0.3) is 0 Å². The van der Waals surface area contributed by atoms with E-state index in [-0.39, 0.29) is 21.5 Å². The van der Waals surface area contributed by atoms with Crippen molar-refractivity contribution >= 4 is 26.0 Å². The smallest absolute Gasteiger partial charge is 0.244 e. The Morgan fingerprint density at radius 2 is 2.20 bits per heavy atom. The van der Waals surface area contributed by atoms with E-state index in [0.29, 0.717) is 19.6 Å². The highest BCUT2D eigenvalue weighted by Crippen LogP contribution is 2.29. The fourth-order valence-corrected chi connectivity index (χ4v) is 5.01. The van der Waals surface area contributed by atoms with E-state index in [4.69, 9.17) is 4.74 Å². The maximum atomic E-state index is 13.1. The van der Waals surface area contributed by atoms with E-state index >= 15 is 0 Å². The van der Waals surface area contributed by atoms with Crippen molar-refractivity contribution < 1.29 is 17.5 Å². The lowest BCUT2D eigenvalue weighted by molar-refractivity contribution is -0.0230. The van der Waals surface area contributed by atoms with Crippen molar-refractivity contribution in [2.24, 2.45) is 0 Å². The molecule has 2 rings (SSSR count). The molecule has 7 heteroatoms. The van der Waals surface area contributed by atoms with Gasteiger partial charge < -0.3 is 4.74 Å². The first-order chi connectivity index (χ1) is 9.36. The van der Waals surface area contributed by atoms with E-state index in [0.717, 1.165) is 12.1 Å². The van der Waals surface area contributed by atoms with Crippen molar-refractivity contribution in [1.29, 1.82) is 0 Å². The highest BCUT2D eigenvalue weighted by molar-refractivity contribution is 9.10. The molecule has 1 aromatic rings. The third kappa shape index (κ3) is 3.05. The molecule has 1 aliphatic heterocycles. The zero-order valence-corrected chi connectivity index (χ0v) is 13.7. The van der Waals surface area contributed by atoms with Gasteiger partial charge in [0.1, 0.15) is 5.82 Å². The van der Waals surface area contributed by atoms with Crippen molar-refractivity contribution in [2.45, 2.75) is 37.3 Å². The van der Waals surface area contributed by atoms with Crippen LogP contribution >= 0.6 is 15.9 Å². The normalized spacial score (nSPS) is 24.8. The summed E-state index contributed by atoms with van der Waals surface area (Å²) < 4.78 is 45.8. The molecule has 0 spiro atoms. The molecule has 2 unspecified atom stereocenters. The lowest BCUT2D eigenvalue weighted by Crippen LogP contribution is -2.51. The predicted octanol–water partition coefficient (Wildman–Crippen LogP) is 2.78. The summed E-state index contributed by atoms with van der Waals surface area (Å²) in [6, 6.07) is 3.43. The number of nitrogens with zero attached hydrogens (tertiary/aromatic N) is 1. The summed E-state index contributed by atoms with van der Waals surface area (Å²) in [6.45, 7) is 4.46. The maximum Gasteiger partial charge on any atom is 0.244 e. The Morgan fingerprint density at radius 1 is 1.50 bits per heavy atom. The molecule has 1 aliphatic rings. The van der Waals surface area contributed by atoms with E-state index in [1.807, 2.05) is 13.8 Å². The number of ether oxygens (including phenoxy) is 1. The summed E-state index contributed by atoms with van der Waals surface area (Å²) in [7, 11) is -3.66. The van der Waals surface area contributed by atoms with Crippen LogP contribution in [0.15, 0.2) is 27.6 Å². The van der Waals surface area contributed by atoms with Crippen LogP contribution in [0, 0.1) is 5.82 Å². The van der Waals surface area contributed by atoms with Crippen LogP contribution in [0.25, 0.3) is 0 Å². The first kappa shape index (κ1) is 15.9. The molecule has 0 aromatic heterocycles. The highest BCUT2D eigenvalue weighted by Gasteiger charge is 2.36. The average molecular weight is 366 g/mol. The number of benzene rings is 1. The van der Waals surface area contributed by atoms with Crippen LogP contribution in [0.2, 0.25) is 0 Å². The number of rotatable bonds is 3. The van der Waals surface area contributed by atoms with Gasteiger partial charge in [-0.1, -0.05) is 6.92 Å². The number of hydrogen-bond donors (Lipinski definition) is 0. The van der Waals surface area contributed by atoms with E-state index in [2.05, 4.69) is 15.9 Å². The predicted molar refractivity (Wildman–Crippen MR) is 77.5 cm³/mol. The second-order valence-corrected chi connectivity index (χ2v) is 7.57. The second kappa shape index (κ2) is 6.09. The van der Waals surface area contributed by atoms with Crippen LogP contribution in [0.3, 0.4) is 0 Å². The van der Waals surface area contributed by atoms with E-state index in [9.17, 15) is 12.8 Å². The zero-order chi connectivity index (χ0) is 14.9. The molecular formula is C13H17BrFNO3S. The Balaban J connectivity index is 2.42. The van der Waals surface area contributed by atoms with Gasteiger partial charge in [0.05, 0.1) is 17.6 Å². The van der Waals surface area contributed by atoms with Crippen molar-refractivity contribution in [2.75, 3.05) is 13.2 Å². The van der Waals surface area contributed by atoms with Crippen LogP contribution in [0.1, 0.15) is 20.3 Å². The quantitative estimate of drug-likeness (QED) is 0.827. The van der Waals surface area contributed by atoms with Gasteiger partial charge >= 0.3 is 0 Å². The Hall–Kier alpha value is -0.500. The molecule has 1 heterocycles. The summed E-state index contributed by atoms with van der Waals surface area (Å²) in [5.41, 5.74) is 0. The molecule has 2 atom stereocenters. The van der Waals surface area contributed by atoms with Crippen LogP contribution in [0.4, 0.5) is 4.39 Å². The molecule has 0 amide bonds. The molecule has 0 N–H and O–H groups in total. The molecular weight excluding hydrogens is 349 g/mol. The molecule has 112 valence electrons. The van der Waals surface area contributed by atoms with Gasteiger partial charge in [-0.25, -0.2) is 12.8 Å². The number of morpholine rings is 1. The Labute approximate surface area is 127 Å². The average Bonchev–Trinajstić information content (AvgIpc) is 2.38. The number of sulfonamides is 1. The highest BCUT2D eigenvalue weighted by atomic mass is 79.9. The van der Waals surface area contributed by atoms with Crippen molar-refractivity contribution in [3.05, 3.63) is 28.5 Å². The second-order valence-electron chi connectivity index (χ2n) is 4.86. The third-order valence-corrected chi connectivity index (χ3v) is 6.26. The minimum atomic E-state index is -3.66. The number of hydrogen-bond acceptors (Lipinski definition) is 3. The summed E-state index contributed by atoms with van der Waals surface area (Å²) in [6.07, 6.45) is 0.525. The Bertz CT molecular complexity index is 593. The fraction of sp³-hybridized carbons (Fsp3) is 0.538. The van der Waals surface area contributed by atoms with Gasteiger partial charge in [-0.15, -0.1) is 0 Å². The van der Waals surface area contributed by atoms with Crippen LogP contribution < -0.4 is 0 Å². The van der Waals surface area contributed by atoms with Crippen LogP contribution in [-0.4, -0.2) is 38.0 Å². The first-order valence-corrected chi connectivity index (χ1v) is 8.68. The lowest BCUT2D eigenvalue weighted by atomic mass is 10.2. The summed E-state index contributed by atoms with van der Waals surface area (Å²) in [5.74, 6) is -0.474. The van der Waals surface area contributed by atoms with Gasteiger partial charge in [-0.2, -0.15) is 4.31 Å². The topological polar surface area (TPSA) is 46.6 Å². The molecule has 1 saturated heterocycles. The molecule has 1 aromatic carbocycles. The monoisotopic (exact) mass is 365 g/mol. The Morgan fingerprint density at radius 3 is 2.80 bits per heavy atom. The van der Waals surface area contributed by atoms with E-state index in [1.54, 1.807) is 0 Å². The maximum absolute atomic E-state index is 13.1. The third-order valence-electron chi connectivity index (χ3n) is 3.37. The lowest BCUT2D eigenvalue weighted by Gasteiger charge is -2.37. The largest absolute Gasteiger partial charge is 0.375 e. The first-order valence-electron chi connectivity index (χ1n) is 6.44. The zero-order valence-electron chi connectivity index (χ0n) is 11.3. The fourth-order valence-electron chi connectivity index (χ4n) is 2.24. The van der Waals surface area contributed by atoms with Gasteiger partial charge in [0.15, 0.2) is 0 Å². The van der Waals surface area contributed by atoms with Crippen molar-refractivity contribution in [3.8, 4) is 0 Å². The van der Waals surface area contributed by atoms with Gasteiger partial charge in [-0.3, -0.25) is 0 Å². The van der Waals surface area contributed by atoms with E-state index in [1.165, 1.54) is 10.4 Å². The SMILES string of the molecule is CCC1COC(C)CN1S(=O)(=O)c1ccc(F)cc1Br. The number of halogens is 2. The van der Waals surface area contributed by atoms with Crippen molar-refractivity contribution in [1.82, 2.24) is 4.31 Å². The van der Waals surface area contributed by atoms with Crippen molar-refractivity contribution in [3.63, 3.8) is 0 Å². The standard InChI is InChI=1S/C13H17BrFNO3S/c1-3-11-8-19-9(2)7-16(11)20(17,18)13-5-4-10(15)6-12(13)14/h4-6,9,11H,3,7-8H2,1-2H3.